The van der Waals surface area contributed by atoms with E-state index in [1.165, 1.54) is 17.0 Å². The second-order valence-corrected chi connectivity index (χ2v) is 22.6. The van der Waals surface area contributed by atoms with Gasteiger partial charge in [-0.2, -0.15) is 5.10 Å². The number of fused-ring (bicyclic) bond motifs is 1. The Morgan fingerprint density at radius 1 is 0.873 bits per heavy atom. The van der Waals surface area contributed by atoms with Crippen LogP contribution in [0.25, 0.3) is 21.3 Å². The summed E-state index contributed by atoms with van der Waals surface area (Å²) in [6.07, 6.45) is 1.43. The third-order valence-electron chi connectivity index (χ3n) is 14.7. The van der Waals surface area contributed by atoms with Crippen molar-refractivity contribution in [3.63, 3.8) is 0 Å². The number of thiazole rings is 1. The topological polar surface area (TPSA) is 226 Å². The predicted molar refractivity (Wildman–Crippen MR) is 300 cm³/mol. The number of carbonyl (C=O) groups is 5. The molecule has 3 aliphatic rings. The Morgan fingerprint density at radius 2 is 1.61 bits per heavy atom. The summed E-state index contributed by atoms with van der Waals surface area (Å²) in [6.45, 7) is 11.8. The molecule has 0 saturated carbocycles. The van der Waals surface area contributed by atoms with Gasteiger partial charge < -0.3 is 46.2 Å². The second kappa shape index (κ2) is 25.2. The minimum atomic E-state index is -0.968. The number of likely N-dealkylation sites (tertiary alicyclic amines) is 1. The SMILES string of the molecule is Cc1ncsc1-c1ccc(CNC(=O)[C@@H]2C[C@@H](O)CN2C(=O)[C@@H](NC(=O)CCCNC(=O)CN2CCN(c3ccc(C(=O)Nc4n[nH]c5ccc(Cc6cc(F)cc(F)c6)cc45)c(NC4CCOCC4)c3)CC2)C(C)(C)C)cc1. The smallest absolute Gasteiger partial charge is 0.258 e. The molecule has 6 aromatic rings. The summed E-state index contributed by atoms with van der Waals surface area (Å²) < 4.78 is 33.5. The van der Waals surface area contributed by atoms with Crippen LogP contribution in [0.2, 0.25) is 0 Å². The van der Waals surface area contributed by atoms with Crippen molar-refractivity contribution in [3.8, 4) is 10.4 Å². The number of benzene rings is 4. The first-order chi connectivity index (χ1) is 37.9. The number of anilines is 3. The predicted octanol–water partition coefficient (Wildman–Crippen LogP) is 6.53. The van der Waals surface area contributed by atoms with Crippen molar-refractivity contribution >= 4 is 69.0 Å². The summed E-state index contributed by atoms with van der Waals surface area (Å²) in [6, 6.07) is 20.7. The van der Waals surface area contributed by atoms with Crippen LogP contribution in [0.3, 0.4) is 0 Å². The number of halogens is 2. The van der Waals surface area contributed by atoms with Gasteiger partial charge in [0.25, 0.3) is 5.91 Å². The summed E-state index contributed by atoms with van der Waals surface area (Å²) in [5.41, 5.74) is 7.95. The number of aliphatic hydroxyl groups is 1. The fourth-order valence-corrected chi connectivity index (χ4v) is 11.2. The Kier molecular flexibility index (Phi) is 18.0. The van der Waals surface area contributed by atoms with E-state index < -0.39 is 41.1 Å². The van der Waals surface area contributed by atoms with E-state index in [4.69, 9.17) is 4.74 Å². The van der Waals surface area contributed by atoms with Gasteiger partial charge in [0.15, 0.2) is 5.82 Å². The molecule has 3 fully saturated rings. The van der Waals surface area contributed by atoms with Crippen LogP contribution in [0.5, 0.6) is 0 Å². The molecule has 9 rings (SSSR count). The number of β-amino-alcohol motifs (C(OH)–C–C–N with tert-alkyl or cyclic N) is 1. The van der Waals surface area contributed by atoms with Crippen molar-refractivity contribution in [1.29, 1.82) is 0 Å². The Balaban J connectivity index is 0.734. The number of hydrogen-bond acceptors (Lipinski definition) is 13. The molecule has 0 radical (unpaired) electrons. The molecule has 7 N–H and O–H groups in total. The first kappa shape index (κ1) is 56.4. The highest BCUT2D eigenvalue weighted by atomic mass is 32.1. The first-order valence-electron chi connectivity index (χ1n) is 26.9. The van der Waals surface area contributed by atoms with Gasteiger partial charge in [0.05, 0.1) is 39.8 Å². The van der Waals surface area contributed by atoms with Crippen LogP contribution >= 0.6 is 11.3 Å². The van der Waals surface area contributed by atoms with Crippen LogP contribution in [-0.2, 0) is 36.9 Å². The maximum atomic E-state index is 14.1. The normalized spacial score (nSPS) is 17.6. The van der Waals surface area contributed by atoms with Crippen LogP contribution in [0.15, 0.2) is 84.4 Å². The number of amides is 5. The fraction of sp³-hybridized carbons (Fsp3) is 0.431. The number of nitrogens with zero attached hydrogens (tertiary/aromatic N) is 5. The van der Waals surface area contributed by atoms with E-state index in [1.54, 1.807) is 22.9 Å². The number of aromatic amines is 1. The fourth-order valence-electron chi connectivity index (χ4n) is 10.4. The molecule has 18 nitrogen and oxygen atoms in total. The van der Waals surface area contributed by atoms with Gasteiger partial charge in [-0.1, -0.05) is 51.1 Å². The highest BCUT2D eigenvalue weighted by molar-refractivity contribution is 7.13. The molecule has 21 heteroatoms. The summed E-state index contributed by atoms with van der Waals surface area (Å²) in [4.78, 5) is 79.3. The highest BCUT2D eigenvalue weighted by Crippen LogP contribution is 2.32. The number of hydrogen-bond donors (Lipinski definition) is 7. The maximum Gasteiger partial charge on any atom is 0.258 e. The number of rotatable bonds is 19. The number of aromatic nitrogens is 3. The average molecular weight is 1100 g/mol. The summed E-state index contributed by atoms with van der Waals surface area (Å²) in [5.74, 6) is -2.69. The van der Waals surface area contributed by atoms with E-state index in [9.17, 15) is 37.9 Å². The molecule has 3 atom stereocenters. The van der Waals surface area contributed by atoms with Gasteiger partial charge in [-0.05, 0) is 103 Å². The third-order valence-corrected chi connectivity index (χ3v) is 15.7. The highest BCUT2D eigenvalue weighted by Gasteiger charge is 2.44. The van der Waals surface area contributed by atoms with E-state index in [-0.39, 0.29) is 75.1 Å². The molecule has 79 heavy (non-hydrogen) atoms. The summed E-state index contributed by atoms with van der Waals surface area (Å²) in [5, 5.41) is 34.0. The molecular weight excluding hydrogens is 1030 g/mol. The van der Waals surface area contributed by atoms with E-state index in [0.717, 1.165) is 51.9 Å². The first-order valence-corrected chi connectivity index (χ1v) is 27.8. The molecule has 0 spiro atoms. The molecule has 3 aliphatic heterocycles. The number of carbonyl (C=O) groups excluding carboxylic acids is 5. The lowest BCUT2D eigenvalue weighted by atomic mass is 9.85. The van der Waals surface area contributed by atoms with Gasteiger partial charge >= 0.3 is 0 Å². The zero-order valence-corrected chi connectivity index (χ0v) is 45.8. The number of aryl methyl sites for hydroxylation is 1. The van der Waals surface area contributed by atoms with Crippen LogP contribution in [0.4, 0.5) is 26.0 Å². The number of nitrogens with one attached hydrogen (secondary N) is 6. The molecular formula is C58H69F2N11O7S. The molecule has 418 valence electrons. The van der Waals surface area contributed by atoms with Crippen molar-refractivity contribution in [2.24, 2.45) is 5.41 Å². The van der Waals surface area contributed by atoms with Crippen molar-refractivity contribution in [3.05, 3.63) is 124 Å². The van der Waals surface area contributed by atoms with E-state index in [2.05, 4.69) is 51.6 Å². The largest absolute Gasteiger partial charge is 0.391 e. The van der Waals surface area contributed by atoms with Gasteiger partial charge in [0.2, 0.25) is 23.6 Å². The van der Waals surface area contributed by atoms with Crippen molar-refractivity contribution in [1.82, 2.24) is 40.9 Å². The molecule has 0 aliphatic carbocycles. The van der Waals surface area contributed by atoms with Crippen molar-refractivity contribution < 1.29 is 42.6 Å². The van der Waals surface area contributed by atoms with Crippen LogP contribution < -0.4 is 31.5 Å². The standard InChI is InChI=1S/C58H69F2N11O7S/c1-35-52(79-34-63-35)39-10-7-36(8-11-39)31-62-56(76)49-30-44(72)32-71(49)57(77)53(58(2,3)4)65-50(73)6-5-17-61-51(74)33-69-18-20-70(21-19-69)43-12-13-45(48(29-43)64-42-15-22-78-23-16-42)55(75)66-54-46-27-37(9-14-47(46)67-68-54)24-38-25-40(59)28-41(60)26-38/h7-14,25-29,34,42,44,49,53,64,72H,5-6,15-24,30-33H2,1-4H3,(H,61,74)(H,62,76)(H,65,73)(H2,66,67,68,75)/t44-,49+,53-/m1/s1. The minimum Gasteiger partial charge on any atom is -0.391 e. The molecule has 0 unspecified atom stereocenters. The number of piperazine rings is 1. The monoisotopic (exact) mass is 1100 g/mol. The van der Waals surface area contributed by atoms with Gasteiger partial charge in [-0.15, -0.1) is 11.3 Å². The zero-order valence-electron chi connectivity index (χ0n) is 45.0. The van der Waals surface area contributed by atoms with Crippen LogP contribution in [0, 0.1) is 24.0 Å². The number of aliphatic hydroxyl groups excluding tert-OH is 1. The average Bonchev–Trinajstić information content (AvgIpc) is 4.23. The second-order valence-electron chi connectivity index (χ2n) is 21.8. The van der Waals surface area contributed by atoms with Crippen molar-refractivity contribution in [2.75, 3.05) is 74.6 Å². The maximum absolute atomic E-state index is 14.1. The molecule has 5 amide bonds. The Labute approximate surface area is 462 Å². The summed E-state index contributed by atoms with van der Waals surface area (Å²) >= 11 is 1.56. The van der Waals surface area contributed by atoms with Gasteiger partial charge in [0.1, 0.15) is 23.7 Å². The molecule has 2 aromatic heterocycles. The van der Waals surface area contributed by atoms with Crippen LogP contribution in [0.1, 0.15) is 85.6 Å². The number of H-pyrrole nitrogens is 1. The lowest BCUT2D eigenvalue weighted by Gasteiger charge is -2.36. The van der Waals surface area contributed by atoms with E-state index in [0.29, 0.717) is 79.3 Å². The zero-order chi connectivity index (χ0) is 55.8. The molecule has 0 bridgehead atoms. The quantitative estimate of drug-likeness (QED) is 0.0430. The lowest BCUT2D eigenvalue weighted by molar-refractivity contribution is -0.144. The Morgan fingerprint density at radius 3 is 2.32 bits per heavy atom. The van der Waals surface area contributed by atoms with Crippen molar-refractivity contribution in [2.45, 2.75) is 97.0 Å². The molecule has 3 saturated heterocycles. The molecule has 5 heterocycles. The van der Waals surface area contributed by atoms with Gasteiger partial charge in [0, 0.05) is 101 Å². The molecule has 4 aromatic carbocycles. The van der Waals surface area contributed by atoms with E-state index in [1.807, 2.05) is 82.3 Å². The van der Waals surface area contributed by atoms with Crippen LogP contribution in [-0.4, -0.2) is 143 Å². The van der Waals surface area contributed by atoms with Gasteiger partial charge in [-0.3, -0.25) is 34.0 Å². The Hall–Kier alpha value is -7.33. The third kappa shape index (κ3) is 14.5. The minimum absolute atomic E-state index is 0.0315. The van der Waals surface area contributed by atoms with E-state index >= 15 is 0 Å². The van der Waals surface area contributed by atoms with Gasteiger partial charge in [-0.25, -0.2) is 13.8 Å². The lowest BCUT2D eigenvalue weighted by Crippen LogP contribution is -2.57. The summed E-state index contributed by atoms with van der Waals surface area (Å²) in [7, 11) is 0. The number of ether oxygens (including phenoxy) is 1. The Bertz CT molecular complexity index is 3130.